The molecule has 18 heavy (non-hydrogen) atoms. The molecule has 3 rings (SSSR count). The molecule has 3 nitrogen and oxygen atoms in total. The van der Waals surface area contributed by atoms with Crippen molar-refractivity contribution in [2.45, 2.75) is 32.2 Å². The number of nitrogens with one attached hydrogen (secondary N) is 2. The Morgan fingerprint density at radius 3 is 2.94 bits per heavy atom. The van der Waals surface area contributed by atoms with Gasteiger partial charge in [0.15, 0.2) is 0 Å². The summed E-state index contributed by atoms with van der Waals surface area (Å²) >= 11 is 0. The van der Waals surface area contributed by atoms with Gasteiger partial charge in [-0.2, -0.15) is 0 Å². The van der Waals surface area contributed by atoms with Gasteiger partial charge in [-0.15, -0.1) is 0 Å². The molecule has 1 aromatic heterocycles. The van der Waals surface area contributed by atoms with Crippen LogP contribution in [0.4, 0.5) is 0 Å². The second kappa shape index (κ2) is 4.48. The zero-order valence-corrected chi connectivity index (χ0v) is 10.6. The topological polar surface area (TPSA) is 44.9 Å². The van der Waals surface area contributed by atoms with Crippen LogP contribution < -0.4 is 5.32 Å². The van der Waals surface area contributed by atoms with E-state index in [4.69, 9.17) is 0 Å². The van der Waals surface area contributed by atoms with Gasteiger partial charge >= 0.3 is 0 Å². The van der Waals surface area contributed by atoms with Gasteiger partial charge in [0.25, 0.3) is 0 Å². The number of amides is 1. The molecule has 0 aliphatic heterocycles. The smallest absolute Gasteiger partial charge is 0.224 e. The molecule has 3 heteroatoms. The summed E-state index contributed by atoms with van der Waals surface area (Å²) in [6, 6.07) is 8.49. The Morgan fingerprint density at radius 1 is 1.39 bits per heavy atom. The Morgan fingerprint density at radius 2 is 2.17 bits per heavy atom. The van der Waals surface area contributed by atoms with Crippen LogP contribution in [0.1, 0.15) is 25.3 Å². The van der Waals surface area contributed by atoms with Gasteiger partial charge in [-0.25, -0.2) is 0 Å². The number of H-pyrrole nitrogens is 1. The molecular formula is C15H18N2O. The summed E-state index contributed by atoms with van der Waals surface area (Å²) in [7, 11) is 0. The monoisotopic (exact) mass is 242 g/mol. The standard InChI is InChI=1S/C15H18N2O/c1-10-6-12(7-10)17-15(18)8-11-9-16-14-5-3-2-4-13(11)14/h2-5,9-10,12,16H,6-8H2,1H3,(H,17,18). The molecule has 1 saturated carbocycles. The van der Waals surface area contributed by atoms with Crippen molar-refractivity contribution in [2.75, 3.05) is 0 Å². The number of benzene rings is 1. The van der Waals surface area contributed by atoms with Crippen LogP contribution in [0, 0.1) is 5.92 Å². The van der Waals surface area contributed by atoms with E-state index >= 15 is 0 Å². The lowest BCUT2D eigenvalue weighted by molar-refractivity contribution is -0.121. The predicted molar refractivity (Wildman–Crippen MR) is 72.3 cm³/mol. The molecule has 0 bridgehead atoms. The third kappa shape index (κ3) is 2.13. The van der Waals surface area contributed by atoms with E-state index in [0.29, 0.717) is 12.5 Å². The summed E-state index contributed by atoms with van der Waals surface area (Å²) in [6.45, 7) is 2.22. The van der Waals surface area contributed by atoms with Crippen molar-refractivity contribution in [3.05, 3.63) is 36.0 Å². The van der Waals surface area contributed by atoms with Crippen molar-refractivity contribution in [1.82, 2.24) is 10.3 Å². The first kappa shape index (κ1) is 11.3. The van der Waals surface area contributed by atoms with Crippen molar-refractivity contribution >= 4 is 16.8 Å². The molecule has 1 aliphatic rings. The maximum atomic E-state index is 11.9. The van der Waals surface area contributed by atoms with Crippen LogP contribution in [0.15, 0.2) is 30.5 Å². The van der Waals surface area contributed by atoms with Crippen molar-refractivity contribution in [2.24, 2.45) is 5.92 Å². The largest absolute Gasteiger partial charge is 0.361 e. The first-order valence-corrected chi connectivity index (χ1v) is 6.56. The molecule has 0 saturated heterocycles. The van der Waals surface area contributed by atoms with Gasteiger partial charge in [0, 0.05) is 23.1 Å². The van der Waals surface area contributed by atoms with E-state index in [0.717, 1.165) is 35.2 Å². The third-order valence-corrected chi connectivity index (χ3v) is 3.76. The zero-order valence-electron chi connectivity index (χ0n) is 10.6. The van der Waals surface area contributed by atoms with Gasteiger partial charge in [0.2, 0.25) is 5.91 Å². The van der Waals surface area contributed by atoms with E-state index in [1.807, 2.05) is 24.4 Å². The summed E-state index contributed by atoms with van der Waals surface area (Å²) in [4.78, 5) is 15.1. The highest BCUT2D eigenvalue weighted by Gasteiger charge is 2.26. The summed E-state index contributed by atoms with van der Waals surface area (Å²) in [5, 5.41) is 4.24. The van der Waals surface area contributed by atoms with Gasteiger partial charge in [-0.05, 0) is 30.4 Å². The number of fused-ring (bicyclic) bond motifs is 1. The second-order valence-electron chi connectivity index (χ2n) is 5.38. The minimum atomic E-state index is 0.136. The van der Waals surface area contributed by atoms with E-state index in [-0.39, 0.29) is 5.91 Å². The normalized spacial score (nSPS) is 22.7. The first-order valence-electron chi connectivity index (χ1n) is 6.56. The number of aromatic amines is 1. The van der Waals surface area contributed by atoms with E-state index in [9.17, 15) is 4.79 Å². The Balaban J connectivity index is 1.67. The van der Waals surface area contributed by atoms with Crippen LogP contribution in [-0.2, 0) is 11.2 Å². The maximum Gasteiger partial charge on any atom is 0.224 e. The molecule has 2 N–H and O–H groups in total. The fraction of sp³-hybridized carbons (Fsp3) is 0.400. The average Bonchev–Trinajstić information content (AvgIpc) is 2.71. The number of aromatic nitrogens is 1. The Labute approximate surface area is 107 Å². The van der Waals surface area contributed by atoms with Crippen LogP contribution in [0.5, 0.6) is 0 Å². The molecule has 1 aromatic carbocycles. The fourth-order valence-corrected chi connectivity index (χ4v) is 2.75. The van der Waals surface area contributed by atoms with E-state index in [2.05, 4.69) is 23.3 Å². The minimum absolute atomic E-state index is 0.136. The van der Waals surface area contributed by atoms with Crippen molar-refractivity contribution in [1.29, 1.82) is 0 Å². The van der Waals surface area contributed by atoms with Gasteiger partial charge in [-0.3, -0.25) is 4.79 Å². The lowest BCUT2D eigenvalue weighted by Gasteiger charge is -2.33. The average molecular weight is 242 g/mol. The molecule has 0 unspecified atom stereocenters. The molecule has 0 atom stereocenters. The predicted octanol–water partition coefficient (Wildman–Crippen LogP) is 2.63. The molecular weight excluding hydrogens is 224 g/mol. The van der Waals surface area contributed by atoms with Crippen LogP contribution in [-0.4, -0.2) is 16.9 Å². The van der Waals surface area contributed by atoms with Gasteiger partial charge in [0.05, 0.1) is 6.42 Å². The zero-order chi connectivity index (χ0) is 12.5. The number of para-hydroxylation sites is 1. The molecule has 1 aliphatic carbocycles. The number of carbonyl (C=O) groups excluding carboxylic acids is 1. The summed E-state index contributed by atoms with van der Waals surface area (Å²) in [5.41, 5.74) is 2.17. The minimum Gasteiger partial charge on any atom is -0.361 e. The lowest BCUT2D eigenvalue weighted by Crippen LogP contribution is -2.43. The lowest BCUT2D eigenvalue weighted by atomic mass is 9.82. The van der Waals surface area contributed by atoms with Crippen molar-refractivity contribution < 1.29 is 4.79 Å². The summed E-state index contributed by atoms with van der Waals surface area (Å²) in [6.07, 6.45) is 4.65. The maximum absolute atomic E-state index is 11.9. The van der Waals surface area contributed by atoms with Crippen LogP contribution in [0.25, 0.3) is 10.9 Å². The van der Waals surface area contributed by atoms with Crippen LogP contribution in [0.2, 0.25) is 0 Å². The number of carbonyl (C=O) groups is 1. The molecule has 0 spiro atoms. The van der Waals surface area contributed by atoms with Crippen molar-refractivity contribution in [3.63, 3.8) is 0 Å². The fourth-order valence-electron chi connectivity index (χ4n) is 2.75. The Kier molecular flexibility index (Phi) is 2.82. The highest BCUT2D eigenvalue weighted by atomic mass is 16.1. The Hall–Kier alpha value is -1.77. The highest BCUT2D eigenvalue weighted by Crippen LogP contribution is 2.26. The van der Waals surface area contributed by atoms with Gasteiger partial charge < -0.3 is 10.3 Å². The van der Waals surface area contributed by atoms with E-state index < -0.39 is 0 Å². The quantitative estimate of drug-likeness (QED) is 0.853. The van der Waals surface area contributed by atoms with Crippen LogP contribution >= 0.6 is 0 Å². The molecule has 2 aromatic rings. The van der Waals surface area contributed by atoms with Gasteiger partial charge in [0.1, 0.15) is 0 Å². The molecule has 94 valence electrons. The summed E-state index contributed by atoms with van der Waals surface area (Å²) in [5.74, 6) is 0.903. The Bertz CT molecular complexity index is 567. The van der Waals surface area contributed by atoms with Crippen LogP contribution in [0.3, 0.4) is 0 Å². The number of hydrogen-bond donors (Lipinski definition) is 2. The third-order valence-electron chi connectivity index (χ3n) is 3.76. The number of hydrogen-bond acceptors (Lipinski definition) is 1. The molecule has 0 radical (unpaired) electrons. The van der Waals surface area contributed by atoms with E-state index in [1.165, 1.54) is 0 Å². The first-order chi connectivity index (χ1) is 8.72. The SMILES string of the molecule is CC1CC(NC(=O)Cc2c[nH]c3ccccc23)C1. The highest BCUT2D eigenvalue weighted by molar-refractivity contribution is 5.88. The molecule has 1 heterocycles. The van der Waals surface area contributed by atoms with Gasteiger partial charge in [-0.1, -0.05) is 25.1 Å². The van der Waals surface area contributed by atoms with E-state index in [1.54, 1.807) is 0 Å². The molecule has 1 amide bonds. The second-order valence-corrected chi connectivity index (χ2v) is 5.38. The van der Waals surface area contributed by atoms with Crippen molar-refractivity contribution in [3.8, 4) is 0 Å². The number of rotatable bonds is 3. The molecule has 1 fully saturated rings. The summed E-state index contributed by atoms with van der Waals surface area (Å²) < 4.78 is 0.